The van der Waals surface area contributed by atoms with Crippen LogP contribution in [0.15, 0.2) is 52.3 Å². The van der Waals surface area contributed by atoms with E-state index in [2.05, 4.69) is 15.8 Å². The van der Waals surface area contributed by atoms with Crippen LogP contribution in [-0.2, 0) is 16.4 Å². The van der Waals surface area contributed by atoms with Gasteiger partial charge in [0.2, 0.25) is 15.6 Å². The topological polar surface area (TPSA) is 79.0 Å². The van der Waals surface area contributed by atoms with Gasteiger partial charge >= 0.3 is 0 Å². The van der Waals surface area contributed by atoms with E-state index in [4.69, 9.17) is 0 Å². The Kier molecular flexibility index (Phi) is 3.19. The van der Waals surface area contributed by atoms with Crippen LogP contribution in [0.4, 0.5) is 0 Å². The fraction of sp³-hybridized carbons (Fsp3) is 0.214. The molecule has 1 aliphatic rings. The molecule has 0 amide bonds. The number of pyridine rings is 1. The van der Waals surface area contributed by atoms with E-state index in [0.717, 1.165) is 6.42 Å². The Morgan fingerprint density at radius 3 is 2.70 bits per heavy atom. The van der Waals surface area contributed by atoms with Gasteiger partial charge in [0.05, 0.1) is 4.90 Å². The summed E-state index contributed by atoms with van der Waals surface area (Å²) in [5.41, 5.74) is 2.16. The zero-order valence-corrected chi connectivity index (χ0v) is 11.5. The average molecular weight is 290 g/mol. The monoisotopic (exact) mass is 290 g/mol. The summed E-state index contributed by atoms with van der Waals surface area (Å²) in [7, 11) is -3.57. The van der Waals surface area contributed by atoms with Crippen LogP contribution < -0.4 is 10.3 Å². The van der Waals surface area contributed by atoms with Crippen molar-refractivity contribution in [1.82, 2.24) is 9.71 Å². The quantitative estimate of drug-likeness (QED) is 0.881. The molecule has 0 radical (unpaired) electrons. The van der Waals surface area contributed by atoms with Crippen molar-refractivity contribution in [2.45, 2.75) is 17.2 Å². The first kappa shape index (κ1) is 13.1. The Labute approximate surface area is 116 Å². The van der Waals surface area contributed by atoms with Gasteiger partial charge in [0.15, 0.2) is 0 Å². The molecule has 0 fully saturated rings. The molecular formula is C14H14N2O3S. The Morgan fingerprint density at radius 1 is 1.20 bits per heavy atom. The number of hydrogen-bond donors (Lipinski definition) is 2. The number of H-pyrrole nitrogens is 1. The molecule has 2 N–H and O–H groups in total. The number of nitrogens with one attached hydrogen (secondary N) is 2. The van der Waals surface area contributed by atoms with Crippen molar-refractivity contribution in [3.63, 3.8) is 0 Å². The summed E-state index contributed by atoms with van der Waals surface area (Å²) in [4.78, 5) is 13.4. The number of sulfonamides is 1. The Balaban J connectivity index is 1.70. The third-order valence-electron chi connectivity index (χ3n) is 3.55. The smallest absolute Gasteiger partial charge is 0.247 e. The number of benzene rings is 1. The van der Waals surface area contributed by atoms with Gasteiger partial charge in [-0.15, -0.1) is 0 Å². The molecule has 1 unspecified atom stereocenters. The minimum atomic E-state index is -3.57. The minimum Gasteiger partial charge on any atom is -0.328 e. The SMILES string of the molecule is O=c1ccc(S(=O)(=O)NCC2Cc3ccccc32)c[nH]1. The Hall–Kier alpha value is -1.92. The van der Waals surface area contributed by atoms with Gasteiger partial charge < -0.3 is 4.98 Å². The molecule has 5 nitrogen and oxygen atoms in total. The van der Waals surface area contributed by atoms with Crippen LogP contribution in [0.3, 0.4) is 0 Å². The van der Waals surface area contributed by atoms with Gasteiger partial charge in [0.1, 0.15) is 0 Å². The first-order valence-electron chi connectivity index (χ1n) is 6.32. The minimum absolute atomic E-state index is 0.0738. The van der Waals surface area contributed by atoms with E-state index < -0.39 is 10.0 Å². The highest BCUT2D eigenvalue weighted by atomic mass is 32.2. The van der Waals surface area contributed by atoms with E-state index in [1.165, 1.54) is 29.5 Å². The van der Waals surface area contributed by atoms with Gasteiger partial charge in [0, 0.05) is 24.7 Å². The van der Waals surface area contributed by atoms with Crippen molar-refractivity contribution in [1.29, 1.82) is 0 Å². The lowest BCUT2D eigenvalue weighted by atomic mass is 9.78. The second kappa shape index (κ2) is 4.88. The molecule has 0 saturated carbocycles. The zero-order valence-electron chi connectivity index (χ0n) is 10.7. The normalized spacial score (nSPS) is 17.3. The summed E-state index contributed by atoms with van der Waals surface area (Å²) in [5, 5.41) is 0. The van der Waals surface area contributed by atoms with E-state index in [-0.39, 0.29) is 16.4 Å². The van der Waals surface area contributed by atoms with Crippen LogP contribution in [0.1, 0.15) is 17.0 Å². The van der Waals surface area contributed by atoms with E-state index >= 15 is 0 Å². The summed E-state index contributed by atoms with van der Waals surface area (Å²) in [6.07, 6.45) is 2.10. The van der Waals surface area contributed by atoms with Gasteiger partial charge in [0.25, 0.3) is 0 Å². The highest BCUT2D eigenvalue weighted by molar-refractivity contribution is 7.89. The summed E-state index contributed by atoms with van der Waals surface area (Å²) < 4.78 is 26.7. The van der Waals surface area contributed by atoms with Crippen LogP contribution in [0.5, 0.6) is 0 Å². The first-order chi connectivity index (χ1) is 9.56. The van der Waals surface area contributed by atoms with Gasteiger partial charge in [-0.1, -0.05) is 24.3 Å². The first-order valence-corrected chi connectivity index (χ1v) is 7.81. The van der Waals surface area contributed by atoms with Crippen molar-refractivity contribution < 1.29 is 8.42 Å². The fourth-order valence-electron chi connectivity index (χ4n) is 2.40. The number of aromatic nitrogens is 1. The van der Waals surface area contributed by atoms with Gasteiger partial charge in [-0.25, -0.2) is 13.1 Å². The molecule has 0 aliphatic heterocycles. The van der Waals surface area contributed by atoms with Crippen LogP contribution in [0.25, 0.3) is 0 Å². The summed E-state index contributed by atoms with van der Waals surface area (Å²) >= 11 is 0. The van der Waals surface area contributed by atoms with Crippen LogP contribution >= 0.6 is 0 Å². The molecule has 1 aliphatic carbocycles. The van der Waals surface area contributed by atoms with Crippen LogP contribution in [-0.4, -0.2) is 19.9 Å². The van der Waals surface area contributed by atoms with Gasteiger partial charge in [-0.2, -0.15) is 0 Å². The molecule has 3 rings (SSSR count). The largest absolute Gasteiger partial charge is 0.328 e. The lowest BCUT2D eigenvalue weighted by Crippen LogP contribution is -2.33. The maximum Gasteiger partial charge on any atom is 0.247 e. The van der Waals surface area contributed by atoms with Crippen LogP contribution in [0, 0.1) is 0 Å². The average Bonchev–Trinajstić information content (AvgIpc) is 2.40. The molecular weight excluding hydrogens is 276 g/mol. The molecule has 0 bridgehead atoms. The zero-order chi connectivity index (χ0) is 14.2. The summed E-state index contributed by atoms with van der Waals surface area (Å²) in [6, 6.07) is 10.5. The van der Waals surface area contributed by atoms with E-state index in [1.54, 1.807) is 0 Å². The summed E-state index contributed by atoms with van der Waals surface area (Å²) in [6.45, 7) is 0.373. The van der Waals surface area contributed by atoms with Crippen molar-refractivity contribution in [2.24, 2.45) is 0 Å². The van der Waals surface area contributed by atoms with Gasteiger partial charge in [-0.3, -0.25) is 4.79 Å². The van der Waals surface area contributed by atoms with E-state index in [1.807, 2.05) is 18.2 Å². The van der Waals surface area contributed by atoms with Crippen molar-refractivity contribution >= 4 is 10.0 Å². The van der Waals surface area contributed by atoms with Crippen molar-refractivity contribution in [2.75, 3.05) is 6.54 Å². The lowest BCUT2D eigenvalue weighted by molar-refractivity contribution is 0.551. The second-order valence-electron chi connectivity index (χ2n) is 4.84. The van der Waals surface area contributed by atoms with Crippen molar-refractivity contribution in [3.05, 3.63) is 64.1 Å². The van der Waals surface area contributed by atoms with Gasteiger partial charge in [-0.05, 0) is 23.6 Å². The summed E-state index contributed by atoms with van der Waals surface area (Å²) in [5.74, 6) is 0.226. The number of fused-ring (bicyclic) bond motifs is 1. The van der Waals surface area contributed by atoms with E-state index in [9.17, 15) is 13.2 Å². The third-order valence-corrected chi connectivity index (χ3v) is 4.97. The molecule has 20 heavy (non-hydrogen) atoms. The highest BCUT2D eigenvalue weighted by Gasteiger charge is 2.27. The molecule has 104 valence electrons. The van der Waals surface area contributed by atoms with E-state index in [0.29, 0.717) is 6.54 Å². The second-order valence-corrected chi connectivity index (χ2v) is 6.61. The standard InChI is InChI=1S/C14H14N2O3S/c17-14-6-5-12(9-15-14)20(18,19)16-8-11-7-10-3-1-2-4-13(10)11/h1-6,9,11,16H,7-8H2,(H,15,17). The van der Waals surface area contributed by atoms with Crippen LogP contribution in [0.2, 0.25) is 0 Å². The fourth-order valence-corrected chi connectivity index (χ4v) is 3.45. The number of rotatable bonds is 4. The predicted octanol–water partition coefficient (Wildman–Crippen LogP) is 0.993. The molecule has 1 atom stereocenters. The molecule has 0 saturated heterocycles. The Bertz CT molecular complexity index is 776. The Morgan fingerprint density at radius 2 is 2.00 bits per heavy atom. The highest BCUT2D eigenvalue weighted by Crippen LogP contribution is 2.34. The molecule has 6 heteroatoms. The number of hydrogen-bond acceptors (Lipinski definition) is 3. The lowest BCUT2D eigenvalue weighted by Gasteiger charge is -2.30. The molecule has 1 aromatic carbocycles. The van der Waals surface area contributed by atoms with Crippen molar-refractivity contribution in [3.8, 4) is 0 Å². The predicted molar refractivity (Wildman–Crippen MR) is 75.1 cm³/mol. The third kappa shape index (κ3) is 2.39. The molecule has 0 spiro atoms. The molecule has 1 heterocycles. The maximum atomic E-state index is 12.1. The molecule has 2 aromatic rings. The molecule has 1 aromatic heterocycles. The maximum absolute atomic E-state index is 12.1. The number of aromatic amines is 1.